The lowest BCUT2D eigenvalue weighted by molar-refractivity contribution is 0.590. The highest BCUT2D eigenvalue weighted by atomic mass is 15.2. The molecule has 0 saturated carbocycles. The number of nitrogens with one attached hydrogen (secondary N) is 1. The van der Waals surface area contributed by atoms with Crippen LogP contribution in [0.1, 0.15) is 39.3 Å². The SMILES string of the molecule is C=CCN(c1ncccc1C(C)NCC)C(C)C. The summed E-state index contributed by atoms with van der Waals surface area (Å²) in [5.41, 5.74) is 1.25. The molecule has 0 aliphatic carbocycles. The Hall–Kier alpha value is -1.35. The second-order valence-corrected chi connectivity index (χ2v) is 4.73. The molecule has 0 aromatic carbocycles. The van der Waals surface area contributed by atoms with Gasteiger partial charge in [-0.3, -0.25) is 0 Å². The minimum absolute atomic E-state index is 0.310. The lowest BCUT2D eigenvalue weighted by Gasteiger charge is -2.30. The van der Waals surface area contributed by atoms with Gasteiger partial charge in [0.15, 0.2) is 0 Å². The van der Waals surface area contributed by atoms with Crippen molar-refractivity contribution in [2.24, 2.45) is 0 Å². The third-order valence-corrected chi connectivity index (χ3v) is 3.01. The molecule has 1 heterocycles. The van der Waals surface area contributed by atoms with Gasteiger partial charge >= 0.3 is 0 Å². The first-order valence-corrected chi connectivity index (χ1v) is 6.67. The second-order valence-electron chi connectivity index (χ2n) is 4.73. The lowest BCUT2D eigenvalue weighted by Crippen LogP contribution is -2.33. The lowest BCUT2D eigenvalue weighted by atomic mass is 10.1. The molecule has 0 radical (unpaired) electrons. The van der Waals surface area contributed by atoms with E-state index in [-0.39, 0.29) is 0 Å². The molecule has 3 nitrogen and oxygen atoms in total. The van der Waals surface area contributed by atoms with Crippen molar-refractivity contribution in [1.29, 1.82) is 0 Å². The van der Waals surface area contributed by atoms with E-state index in [1.807, 2.05) is 18.3 Å². The average molecular weight is 247 g/mol. The summed E-state index contributed by atoms with van der Waals surface area (Å²) in [6, 6.07) is 4.86. The van der Waals surface area contributed by atoms with Gasteiger partial charge in [0.25, 0.3) is 0 Å². The Kier molecular flexibility index (Phi) is 5.86. The fourth-order valence-electron chi connectivity index (χ4n) is 2.08. The number of aromatic nitrogens is 1. The zero-order valence-corrected chi connectivity index (χ0v) is 12.0. The molecule has 0 fully saturated rings. The standard InChI is InChI=1S/C15H25N3/c1-6-11-18(12(3)4)15-14(9-8-10-17-15)13(5)16-7-2/h6,8-10,12-13,16H,1,7,11H2,2-5H3. The van der Waals surface area contributed by atoms with Crippen LogP contribution in [-0.2, 0) is 0 Å². The fraction of sp³-hybridized carbons (Fsp3) is 0.533. The third kappa shape index (κ3) is 3.57. The van der Waals surface area contributed by atoms with Gasteiger partial charge in [-0.15, -0.1) is 6.58 Å². The number of pyridine rings is 1. The maximum Gasteiger partial charge on any atom is 0.133 e. The van der Waals surface area contributed by atoms with Crippen molar-refractivity contribution in [2.75, 3.05) is 18.0 Å². The van der Waals surface area contributed by atoms with Crippen LogP contribution in [-0.4, -0.2) is 24.1 Å². The normalized spacial score (nSPS) is 12.5. The monoisotopic (exact) mass is 247 g/mol. The summed E-state index contributed by atoms with van der Waals surface area (Å²) in [6.45, 7) is 14.3. The molecule has 0 aliphatic heterocycles. The summed E-state index contributed by atoms with van der Waals surface area (Å²) in [6.07, 6.45) is 3.78. The van der Waals surface area contributed by atoms with Gasteiger partial charge in [0.05, 0.1) is 0 Å². The third-order valence-electron chi connectivity index (χ3n) is 3.01. The Morgan fingerprint density at radius 2 is 2.17 bits per heavy atom. The van der Waals surface area contributed by atoms with E-state index in [1.165, 1.54) is 5.56 Å². The molecule has 0 spiro atoms. The Bertz CT molecular complexity index is 374. The molecule has 0 amide bonds. The number of nitrogens with zero attached hydrogens (tertiary/aromatic N) is 2. The molecule has 1 aromatic rings. The molecule has 3 heteroatoms. The Balaban J connectivity index is 3.09. The molecule has 1 N–H and O–H groups in total. The molecule has 1 aromatic heterocycles. The van der Waals surface area contributed by atoms with Crippen LogP contribution in [0.5, 0.6) is 0 Å². The first-order chi connectivity index (χ1) is 8.61. The number of rotatable bonds is 7. The van der Waals surface area contributed by atoms with Crippen molar-refractivity contribution in [2.45, 2.75) is 39.8 Å². The summed E-state index contributed by atoms with van der Waals surface area (Å²) < 4.78 is 0. The van der Waals surface area contributed by atoms with E-state index in [0.29, 0.717) is 12.1 Å². The van der Waals surface area contributed by atoms with Gasteiger partial charge in [0.2, 0.25) is 0 Å². The van der Waals surface area contributed by atoms with Crippen molar-refractivity contribution in [3.05, 3.63) is 36.5 Å². The van der Waals surface area contributed by atoms with Crippen LogP contribution in [0.25, 0.3) is 0 Å². The topological polar surface area (TPSA) is 28.2 Å². The predicted molar refractivity (Wildman–Crippen MR) is 79.0 cm³/mol. The molecule has 0 aliphatic rings. The van der Waals surface area contributed by atoms with Gasteiger partial charge in [-0.25, -0.2) is 4.98 Å². The first kappa shape index (κ1) is 14.7. The molecule has 0 bridgehead atoms. The van der Waals surface area contributed by atoms with Crippen LogP contribution in [0.4, 0.5) is 5.82 Å². The van der Waals surface area contributed by atoms with Crippen LogP contribution in [0.15, 0.2) is 31.0 Å². The maximum atomic E-state index is 4.56. The highest BCUT2D eigenvalue weighted by Crippen LogP contribution is 2.25. The van der Waals surface area contributed by atoms with Crippen molar-refractivity contribution in [3.8, 4) is 0 Å². The zero-order valence-electron chi connectivity index (χ0n) is 12.0. The van der Waals surface area contributed by atoms with Crippen LogP contribution in [0.2, 0.25) is 0 Å². The van der Waals surface area contributed by atoms with E-state index < -0.39 is 0 Å². The van der Waals surface area contributed by atoms with E-state index in [1.54, 1.807) is 0 Å². The van der Waals surface area contributed by atoms with E-state index in [9.17, 15) is 0 Å². The number of anilines is 1. The first-order valence-electron chi connectivity index (χ1n) is 6.67. The summed E-state index contributed by atoms with van der Waals surface area (Å²) in [7, 11) is 0. The zero-order chi connectivity index (χ0) is 13.5. The molecule has 100 valence electrons. The van der Waals surface area contributed by atoms with Gasteiger partial charge in [-0.1, -0.05) is 19.1 Å². The molecule has 0 saturated heterocycles. The Morgan fingerprint density at radius 1 is 1.44 bits per heavy atom. The Morgan fingerprint density at radius 3 is 2.72 bits per heavy atom. The van der Waals surface area contributed by atoms with E-state index in [2.05, 4.69) is 55.5 Å². The molecular weight excluding hydrogens is 222 g/mol. The van der Waals surface area contributed by atoms with Gasteiger partial charge in [-0.05, 0) is 33.4 Å². The highest BCUT2D eigenvalue weighted by Gasteiger charge is 2.17. The van der Waals surface area contributed by atoms with Crippen molar-refractivity contribution in [1.82, 2.24) is 10.3 Å². The van der Waals surface area contributed by atoms with Crippen LogP contribution in [0, 0.1) is 0 Å². The molecule has 1 atom stereocenters. The second kappa shape index (κ2) is 7.17. The molecular formula is C15H25N3. The molecule has 18 heavy (non-hydrogen) atoms. The van der Waals surface area contributed by atoms with Crippen LogP contribution >= 0.6 is 0 Å². The van der Waals surface area contributed by atoms with Crippen molar-refractivity contribution in [3.63, 3.8) is 0 Å². The predicted octanol–water partition coefficient (Wildman–Crippen LogP) is 3.15. The highest BCUT2D eigenvalue weighted by molar-refractivity contribution is 5.49. The molecule has 1 unspecified atom stereocenters. The summed E-state index contributed by atoms with van der Waals surface area (Å²) >= 11 is 0. The van der Waals surface area contributed by atoms with Crippen molar-refractivity contribution >= 4 is 5.82 Å². The summed E-state index contributed by atoms with van der Waals surface area (Å²) in [4.78, 5) is 6.83. The van der Waals surface area contributed by atoms with Gasteiger partial charge in [0, 0.05) is 30.4 Å². The fourth-order valence-corrected chi connectivity index (χ4v) is 2.08. The van der Waals surface area contributed by atoms with E-state index in [0.717, 1.165) is 18.9 Å². The van der Waals surface area contributed by atoms with Crippen LogP contribution < -0.4 is 10.2 Å². The van der Waals surface area contributed by atoms with E-state index in [4.69, 9.17) is 0 Å². The quantitative estimate of drug-likeness (QED) is 0.750. The molecule has 1 rings (SSSR count). The van der Waals surface area contributed by atoms with E-state index >= 15 is 0 Å². The Labute approximate surface area is 111 Å². The largest absolute Gasteiger partial charge is 0.350 e. The summed E-state index contributed by atoms with van der Waals surface area (Å²) in [5.74, 6) is 1.06. The van der Waals surface area contributed by atoms with Crippen molar-refractivity contribution < 1.29 is 0 Å². The van der Waals surface area contributed by atoms with Gasteiger partial charge in [-0.2, -0.15) is 0 Å². The average Bonchev–Trinajstić information content (AvgIpc) is 2.36. The minimum atomic E-state index is 0.310. The van der Waals surface area contributed by atoms with Gasteiger partial charge < -0.3 is 10.2 Å². The number of hydrogen-bond donors (Lipinski definition) is 1. The van der Waals surface area contributed by atoms with Crippen LogP contribution in [0.3, 0.4) is 0 Å². The number of hydrogen-bond acceptors (Lipinski definition) is 3. The summed E-state index contributed by atoms with van der Waals surface area (Å²) in [5, 5.41) is 3.45. The smallest absolute Gasteiger partial charge is 0.133 e. The maximum absolute atomic E-state index is 4.56. The minimum Gasteiger partial charge on any atom is -0.350 e. The van der Waals surface area contributed by atoms with Gasteiger partial charge in [0.1, 0.15) is 5.82 Å².